The lowest BCUT2D eigenvalue weighted by Crippen LogP contribution is -2.18. The Bertz CT molecular complexity index is 487. The number of rotatable bonds is 4. The lowest BCUT2D eigenvalue weighted by molar-refractivity contribution is 0.446. The van der Waals surface area contributed by atoms with Gasteiger partial charge in [-0.1, -0.05) is 6.07 Å². The number of phenols is 1. The van der Waals surface area contributed by atoms with Crippen LogP contribution in [0.2, 0.25) is 0 Å². The maximum Gasteiger partial charge on any atom is 0.126 e. The molecule has 0 aliphatic heterocycles. The topological polar surface area (TPSA) is 45.2 Å². The Balaban J connectivity index is 2.01. The molecule has 1 aromatic heterocycles. The molecule has 5 heteroatoms. The van der Waals surface area contributed by atoms with E-state index in [-0.39, 0.29) is 11.8 Å². The summed E-state index contributed by atoms with van der Waals surface area (Å²) in [6.07, 6.45) is 1.75. The van der Waals surface area contributed by atoms with E-state index in [9.17, 15) is 9.50 Å². The minimum atomic E-state index is -0.432. The fraction of sp³-hybridized carbons (Fsp3) is 0.250. The molecule has 2 aromatic rings. The SMILES string of the molecule is CC(NCc1nccs1)c1ccc(F)cc1O. The number of aromatic hydroxyl groups is 1. The summed E-state index contributed by atoms with van der Waals surface area (Å²) in [4.78, 5) is 4.15. The van der Waals surface area contributed by atoms with Gasteiger partial charge in [0, 0.05) is 35.8 Å². The zero-order valence-electron chi connectivity index (χ0n) is 9.35. The molecule has 90 valence electrons. The second-order valence-electron chi connectivity index (χ2n) is 3.73. The monoisotopic (exact) mass is 252 g/mol. The van der Waals surface area contributed by atoms with Crippen molar-refractivity contribution >= 4 is 11.3 Å². The lowest BCUT2D eigenvalue weighted by Gasteiger charge is -2.14. The van der Waals surface area contributed by atoms with Gasteiger partial charge in [-0.05, 0) is 13.0 Å². The van der Waals surface area contributed by atoms with Crippen molar-refractivity contribution in [3.8, 4) is 5.75 Å². The molecule has 0 aliphatic rings. The molecule has 1 atom stereocenters. The fourth-order valence-corrected chi connectivity index (χ4v) is 2.14. The molecular weight excluding hydrogens is 239 g/mol. The highest BCUT2D eigenvalue weighted by atomic mass is 32.1. The first-order valence-electron chi connectivity index (χ1n) is 5.27. The molecule has 3 nitrogen and oxygen atoms in total. The number of aromatic nitrogens is 1. The third kappa shape index (κ3) is 3.01. The van der Waals surface area contributed by atoms with Crippen LogP contribution in [0.1, 0.15) is 23.5 Å². The molecule has 1 unspecified atom stereocenters. The van der Waals surface area contributed by atoms with Crippen molar-refractivity contribution in [1.29, 1.82) is 0 Å². The average Bonchev–Trinajstić information content (AvgIpc) is 2.78. The highest BCUT2D eigenvalue weighted by Crippen LogP contribution is 2.24. The Morgan fingerprint density at radius 2 is 2.35 bits per heavy atom. The number of benzene rings is 1. The average molecular weight is 252 g/mol. The van der Waals surface area contributed by atoms with Gasteiger partial charge in [0.1, 0.15) is 16.6 Å². The molecule has 0 bridgehead atoms. The number of nitrogens with one attached hydrogen (secondary N) is 1. The maximum atomic E-state index is 12.8. The van der Waals surface area contributed by atoms with Crippen molar-refractivity contribution in [3.63, 3.8) is 0 Å². The summed E-state index contributed by atoms with van der Waals surface area (Å²) in [5.41, 5.74) is 0.683. The van der Waals surface area contributed by atoms with Crippen molar-refractivity contribution in [2.75, 3.05) is 0 Å². The number of halogens is 1. The van der Waals surface area contributed by atoms with Gasteiger partial charge >= 0.3 is 0 Å². The van der Waals surface area contributed by atoms with Gasteiger partial charge in [-0.25, -0.2) is 9.37 Å². The molecule has 0 radical (unpaired) electrons. The van der Waals surface area contributed by atoms with Crippen LogP contribution in [0, 0.1) is 5.82 Å². The molecule has 1 aromatic carbocycles. The molecule has 0 spiro atoms. The number of phenolic OH excluding ortho intramolecular Hbond substituents is 1. The predicted octanol–water partition coefficient (Wildman–Crippen LogP) is 2.84. The van der Waals surface area contributed by atoms with Crippen molar-refractivity contribution in [2.45, 2.75) is 19.5 Å². The molecule has 17 heavy (non-hydrogen) atoms. The van der Waals surface area contributed by atoms with Crippen molar-refractivity contribution in [2.24, 2.45) is 0 Å². The van der Waals surface area contributed by atoms with Gasteiger partial charge in [-0.3, -0.25) is 0 Å². The van der Waals surface area contributed by atoms with Crippen LogP contribution < -0.4 is 5.32 Å². The van der Waals surface area contributed by atoms with Crippen LogP contribution in [0.4, 0.5) is 4.39 Å². The van der Waals surface area contributed by atoms with Crippen LogP contribution in [0.5, 0.6) is 5.75 Å². The van der Waals surface area contributed by atoms with Crippen LogP contribution in [0.3, 0.4) is 0 Å². The van der Waals surface area contributed by atoms with Crippen molar-refractivity contribution < 1.29 is 9.50 Å². The van der Waals surface area contributed by atoms with Crippen LogP contribution in [0.25, 0.3) is 0 Å². The predicted molar refractivity (Wildman–Crippen MR) is 65.4 cm³/mol. The van der Waals surface area contributed by atoms with Crippen molar-refractivity contribution in [3.05, 3.63) is 46.2 Å². The number of thiazole rings is 1. The molecule has 1 heterocycles. The highest BCUT2D eigenvalue weighted by Gasteiger charge is 2.10. The molecule has 0 aliphatic carbocycles. The zero-order valence-corrected chi connectivity index (χ0v) is 10.2. The summed E-state index contributed by atoms with van der Waals surface area (Å²) in [7, 11) is 0. The van der Waals surface area contributed by atoms with E-state index in [1.54, 1.807) is 23.6 Å². The summed E-state index contributed by atoms with van der Waals surface area (Å²) in [6, 6.07) is 4.00. The summed E-state index contributed by atoms with van der Waals surface area (Å²) >= 11 is 1.57. The zero-order chi connectivity index (χ0) is 12.3. The Morgan fingerprint density at radius 1 is 1.53 bits per heavy atom. The number of hydrogen-bond donors (Lipinski definition) is 2. The van der Waals surface area contributed by atoms with Gasteiger partial charge in [0.05, 0.1) is 0 Å². The first-order valence-corrected chi connectivity index (χ1v) is 6.15. The standard InChI is InChI=1S/C12H13FN2OS/c1-8(15-7-12-14-4-5-17-12)10-3-2-9(13)6-11(10)16/h2-6,8,15-16H,7H2,1H3. The second-order valence-corrected chi connectivity index (χ2v) is 4.71. The summed E-state index contributed by atoms with van der Waals surface area (Å²) in [5, 5.41) is 15.8. The molecular formula is C12H13FN2OS. The molecule has 0 fully saturated rings. The van der Waals surface area contributed by atoms with Crippen LogP contribution in [-0.4, -0.2) is 10.1 Å². The fourth-order valence-electron chi connectivity index (χ4n) is 1.57. The number of hydrogen-bond acceptors (Lipinski definition) is 4. The molecule has 0 saturated heterocycles. The van der Waals surface area contributed by atoms with Crippen LogP contribution >= 0.6 is 11.3 Å². The maximum absolute atomic E-state index is 12.8. The van der Waals surface area contributed by atoms with E-state index in [0.29, 0.717) is 12.1 Å². The van der Waals surface area contributed by atoms with E-state index < -0.39 is 5.82 Å². The Hall–Kier alpha value is -1.46. The normalized spacial score (nSPS) is 12.6. The Morgan fingerprint density at radius 3 is 3.00 bits per heavy atom. The summed E-state index contributed by atoms with van der Waals surface area (Å²) in [5.74, 6) is -0.456. The minimum Gasteiger partial charge on any atom is -0.508 e. The van der Waals surface area contributed by atoms with E-state index in [1.165, 1.54) is 6.07 Å². The largest absolute Gasteiger partial charge is 0.508 e. The molecule has 0 amide bonds. The molecule has 2 N–H and O–H groups in total. The van der Waals surface area contributed by atoms with E-state index in [2.05, 4.69) is 10.3 Å². The minimum absolute atomic E-state index is 0.0239. The van der Waals surface area contributed by atoms with Gasteiger partial charge in [0.15, 0.2) is 0 Å². The third-order valence-electron chi connectivity index (χ3n) is 2.50. The quantitative estimate of drug-likeness (QED) is 0.879. The highest BCUT2D eigenvalue weighted by molar-refractivity contribution is 7.09. The third-order valence-corrected chi connectivity index (χ3v) is 3.28. The van der Waals surface area contributed by atoms with Gasteiger partial charge in [0.25, 0.3) is 0 Å². The summed E-state index contributed by atoms with van der Waals surface area (Å²) in [6.45, 7) is 2.55. The van der Waals surface area contributed by atoms with Crippen molar-refractivity contribution in [1.82, 2.24) is 10.3 Å². The Kier molecular flexibility index (Phi) is 3.71. The molecule has 0 saturated carbocycles. The van der Waals surface area contributed by atoms with E-state index in [1.807, 2.05) is 12.3 Å². The summed E-state index contributed by atoms with van der Waals surface area (Å²) < 4.78 is 12.8. The van der Waals surface area contributed by atoms with E-state index in [4.69, 9.17) is 0 Å². The van der Waals surface area contributed by atoms with E-state index >= 15 is 0 Å². The first-order chi connectivity index (χ1) is 8.16. The van der Waals surface area contributed by atoms with Crippen LogP contribution in [0.15, 0.2) is 29.8 Å². The van der Waals surface area contributed by atoms with E-state index in [0.717, 1.165) is 11.1 Å². The van der Waals surface area contributed by atoms with Crippen LogP contribution in [-0.2, 0) is 6.54 Å². The smallest absolute Gasteiger partial charge is 0.126 e. The number of nitrogens with zero attached hydrogens (tertiary/aromatic N) is 1. The van der Waals surface area contributed by atoms with Gasteiger partial charge in [-0.15, -0.1) is 11.3 Å². The first kappa shape index (κ1) is 12.0. The van der Waals surface area contributed by atoms with Gasteiger partial charge in [0.2, 0.25) is 0 Å². The van der Waals surface area contributed by atoms with Gasteiger partial charge < -0.3 is 10.4 Å². The Labute approximate surface area is 103 Å². The molecule has 2 rings (SSSR count). The lowest BCUT2D eigenvalue weighted by atomic mass is 10.1. The second kappa shape index (κ2) is 5.25. The van der Waals surface area contributed by atoms with Gasteiger partial charge in [-0.2, -0.15) is 0 Å².